The van der Waals surface area contributed by atoms with Gasteiger partial charge in [-0.1, -0.05) is 39.0 Å². The van der Waals surface area contributed by atoms with E-state index in [1.807, 2.05) is 6.92 Å². The molecule has 0 saturated carbocycles. The number of unbranched alkanes of at least 4 members (excludes halogenated alkanes) is 3. The third-order valence-electron chi connectivity index (χ3n) is 3.01. The molecule has 0 radical (unpaired) electrons. The van der Waals surface area contributed by atoms with E-state index in [2.05, 4.69) is 0 Å². The van der Waals surface area contributed by atoms with Gasteiger partial charge in [0.05, 0.1) is 16.2 Å². The van der Waals surface area contributed by atoms with Gasteiger partial charge in [-0.3, -0.25) is 0 Å². The molecule has 0 aromatic heterocycles. The molecular weight excluding hydrogens is 263 g/mol. The van der Waals surface area contributed by atoms with E-state index < -0.39 is 15.4 Å². The van der Waals surface area contributed by atoms with Gasteiger partial charge < -0.3 is 9.66 Å². The summed E-state index contributed by atoms with van der Waals surface area (Å²) in [4.78, 5) is 0. The van der Waals surface area contributed by atoms with E-state index in [-0.39, 0.29) is 35.7 Å². The van der Waals surface area contributed by atoms with Crippen molar-refractivity contribution in [3.8, 4) is 0 Å². The van der Waals surface area contributed by atoms with Gasteiger partial charge in [0.1, 0.15) is 0 Å². The molecule has 0 saturated heterocycles. The molecule has 0 aromatic carbocycles. The Morgan fingerprint density at radius 1 is 1.06 bits per heavy atom. The van der Waals surface area contributed by atoms with Crippen LogP contribution in [-0.4, -0.2) is 29.4 Å². The standard InChI is InChI=1S/C12H26O4S.Na/c1-3-8-12(13)10-7-5-4-6-9-11(2)17(14,15)16;/h11-13H,3-10H2,1-2H3,(H,14,15,16);/q;+1/p-1. The Morgan fingerprint density at radius 3 is 2.00 bits per heavy atom. The summed E-state index contributed by atoms with van der Waals surface area (Å²) in [6.45, 7) is 3.52. The fourth-order valence-corrected chi connectivity index (χ4v) is 2.24. The number of hydrogen-bond donors (Lipinski definition) is 1. The van der Waals surface area contributed by atoms with Gasteiger partial charge in [0.2, 0.25) is 0 Å². The summed E-state index contributed by atoms with van der Waals surface area (Å²) in [5.41, 5.74) is 0. The summed E-state index contributed by atoms with van der Waals surface area (Å²) in [6, 6.07) is 0. The Bertz CT molecular complexity index is 280. The zero-order valence-corrected chi connectivity index (χ0v) is 14.7. The molecule has 0 spiro atoms. The Balaban J connectivity index is 0. The van der Waals surface area contributed by atoms with Crippen LogP contribution in [0.15, 0.2) is 0 Å². The smallest absolute Gasteiger partial charge is 0.748 e. The number of aliphatic hydroxyl groups is 1. The Hall–Kier alpha value is 0.870. The van der Waals surface area contributed by atoms with Gasteiger partial charge in [-0.2, -0.15) is 0 Å². The predicted octanol–water partition coefficient (Wildman–Crippen LogP) is -0.574. The third kappa shape index (κ3) is 11.9. The second-order valence-electron chi connectivity index (χ2n) is 4.74. The van der Waals surface area contributed by atoms with Gasteiger partial charge in [0.25, 0.3) is 0 Å². The maximum absolute atomic E-state index is 10.6. The summed E-state index contributed by atoms with van der Waals surface area (Å²) in [5, 5.41) is 8.71. The van der Waals surface area contributed by atoms with Crippen LogP contribution < -0.4 is 29.6 Å². The monoisotopic (exact) mass is 288 g/mol. The molecule has 2 unspecified atom stereocenters. The van der Waals surface area contributed by atoms with E-state index in [0.717, 1.165) is 44.9 Å². The molecule has 4 nitrogen and oxygen atoms in total. The topological polar surface area (TPSA) is 77.4 Å². The number of rotatable bonds is 10. The largest absolute Gasteiger partial charge is 1.00 e. The SMILES string of the molecule is CCCC(O)CCCCCCC(C)S(=O)(=O)[O-].[Na+]. The van der Waals surface area contributed by atoms with Gasteiger partial charge in [0, 0.05) is 5.25 Å². The maximum atomic E-state index is 10.6. The van der Waals surface area contributed by atoms with Crippen LogP contribution in [0.5, 0.6) is 0 Å². The first-order valence-electron chi connectivity index (χ1n) is 6.50. The minimum Gasteiger partial charge on any atom is -0.748 e. The fraction of sp³-hybridized carbons (Fsp3) is 1.00. The van der Waals surface area contributed by atoms with Gasteiger partial charge in [0.15, 0.2) is 0 Å². The molecule has 0 aromatic rings. The average molecular weight is 288 g/mol. The Morgan fingerprint density at radius 2 is 1.56 bits per heavy atom. The zero-order chi connectivity index (χ0) is 13.3. The van der Waals surface area contributed by atoms with E-state index in [4.69, 9.17) is 0 Å². The molecule has 0 rings (SSSR count). The van der Waals surface area contributed by atoms with Crippen molar-refractivity contribution in [2.75, 3.05) is 0 Å². The second-order valence-corrected chi connectivity index (χ2v) is 6.53. The summed E-state index contributed by atoms with van der Waals surface area (Å²) in [6.07, 6.45) is 6.59. The van der Waals surface area contributed by atoms with Crippen LogP contribution in [0.25, 0.3) is 0 Å². The van der Waals surface area contributed by atoms with E-state index in [1.54, 1.807) is 0 Å². The quantitative estimate of drug-likeness (QED) is 0.332. The molecule has 0 aliphatic rings. The van der Waals surface area contributed by atoms with Crippen LogP contribution in [0.2, 0.25) is 0 Å². The summed E-state index contributed by atoms with van der Waals surface area (Å²) >= 11 is 0. The first-order valence-corrected chi connectivity index (χ1v) is 7.97. The van der Waals surface area contributed by atoms with Crippen LogP contribution in [0.1, 0.15) is 65.2 Å². The minimum absolute atomic E-state index is 0. The average Bonchev–Trinajstić information content (AvgIpc) is 2.21. The van der Waals surface area contributed by atoms with Crippen molar-refractivity contribution in [2.45, 2.75) is 76.6 Å². The zero-order valence-electron chi connectivity index (χ0n) is 11.9. The predicted molar refractivity (Wildman–Crippen MR) is 67.8 cm³/mol. The maximum Gasteiger partial charge on any atom is 1.00 e. The van der Waals surface area contributed by atoms with Crippen LogP contribution in [-0.2, 0) is 10.1 Å². The molecule has 1 N–H and O–H groups in total. The van der Waals surface area contributed by atoms with E-state index in [1.165, 1.54) is 6.92 Å². The van der Waals surface area contributed by atoms with E-state index in [9.17, 15) is 18.1 Å². The van der Waals surface area contributed by atoms with Crippen LogP contribution in [0, 0.1) is 0 Å². The van der Waals surface area contributed by atoms with Crippen LogP contribution >= 0.6 is 0 Å². The summed E-state index contributed by atoms with van der Waals surface area (Å²) < 4.78 is 31.9. The van der Waals surface area contributed by atoms with Crippen molar-refractivity contribution < 1.29 is 47.6 Å². The van der Waals surface area contributed by atoms with Crippen LogP contribution in [0.4, 0.5) is 0 Å². The third-order valence-corrected chi connectivity index (χ3v) is 4.23. The minimum atomic E-state index is -4.11. The Kier molecular flexibility index (Phi) is 13.7. The van der Waals surface area contributed by atoms with E-state index in [0.29, 0.717) is 6.42 Å². The fourth-order valence-electron chi connectivity index (χ4n) is 1.79. The molecule has 0 aliphatic carbocycles. The number of hydrogen-bond acceptors (Lipinski definition) is 4. The molecule has 104 valence electrons. The molecule has 0 bridgehead atoms. The Labute approximate surface area is 134 Å². The summed E-state index contributed by atoms with van der Waals surface area (Å²) in [5.74, 6) is 0. The van der Waals surface area contributed by atoms with Crippen LogP contribution in [0.3, 0.4) is 0 Å². The van der Waals surface area contributed by atoms with Crippen molar-refractivity contribution in [1.29, 1.82) is 0 Å². The molecule has 6 heteroatoms. The molecule has 0 aliphatic heterocycles. The van der Waals surface area contributed by atoms with Gasteiger partial charge in [-0.15, -0.1) is 0 Å². The van der Waals surface area contributed by atoms with Crippen molar-refractivity contribution in [3.05, 3.63) is 0 Å². The van der Waals surface area contributed by atoms with Crippen molar-refractivity contribution in [3.63, 3.8) is 0 Å². The van der Waals surface area contributed by atoms with Crippen molar-refractivity contribution in [2.24, 2.45) is 0 Å². The number of aliphatic hydroxyl groups excluding tert-OH is 1. The van der Waals surface area contributed by atoms with Gasteiger partial charge in [-0.25, -0.2) is 8.42 Å². The molecule has 0 fully saturated rings. The molecule has 0 heterocycles. The summed E-state index contributed by atoms with van der Waals surface area (Å²) in [7, 11) is -4.11. The molecule has 0 amide bonds. The van der Waals surface area contributed by atoms with Gasteiger partial charge in [-0.05, 0) is 26.2 Å². The normalized spacial score (nSPS) is 14.9. The van der Waals surface area contributed by atoms with Crippen molar-refractivity contribution >= 4 is 10.1 Å². The second kappa shape index (κ2) is 11.7. The molecular formula is C12H25NaO4S. The van der Waals surface area contributed by atoms with Gasteiger partial charge >= 0.3 is 29.6 Å². The molecule has 18 heavy (non-hydrogen) atoms. The molecule has 2 atom stereocenters. The first kappa shape index (κ1) is 21.2. The van der Waals surface area contributed by atoms with Crippen molar-refractivity contribution in [1.82, 2.24) is 0 Å². The van der Waals surface area contributed by atoms with E-state index >= 15 is 0 Å². The first-order chi connectivity index (χ1) is 7.88.